The van der Waals surface area contributed by atoms with Crippen LogP contribution in [0.1, 0.15) is 22.3 Å². The van der Waals surface area contributed by atoms with Crippen LogP contribution in [-0.2, 0) is 6.61 Å². The third-order valence-electron chi connectivity index (χ3n) is 3.24. The molecule has 0 fully saturated rings. The lowest BCUT2D eigenvalue weighted by Gasteiger charge is -2.15. The second-order valence-corrected chi connectivity index (χ2v) is 5.83. The second kappa shape index (κ2) is 5.83. The minimum absolute atomic E-state index is 0.291. The largest absolute Gasteiger partial charge is 0.486 e. The molecule has 0 saturated carbocycles. The van der Waals surface area contributed by atoms with Crippen molar-refractivity contribution in [3.05, 3.63) is 56.8 Å². The summed E-state index contributed by atoms with van der Waals surface area (Å²) in [7, 11) is 0. The van der Waals surface area contributed by atoms with Gasteiger partial charge in [-0.3, -0.25) is 0 Å². The minimum atomic E-state index is -0.385. The van der Waals surface area contributed by atoms with Crippen molar-refractivity contribution in [2.75, 3.05) is 5.73 Å². The molecule has 0 amide bonds. The molecule has 0 aliphatic rings. The van der Waals surface area contributed by atoms with Crippen molar-refractivity contribution >= 4 is 21.6 Å². The fraction of sp³-hybridized carbons (Fsp3) is 0.250. The van der Waals surface area contributed by atoms with Crippen LogP contribution in [0.25, 0.3) is 0 Å². The van der Waals surface area contributed by atoms with Crippen LogP contribution < -0.4 is 10.5 Å². The Balaban J connectivity index is 2.26. The molecule has 0 heterocycles. The smallest absolute Gasteiger partial charge is 0.157 e. The Morgan fingerprint density at radius 1 is 1.10 bits per heavy atom. The van der Waals surface area contributed by atoms with E-state index in [0.29, 0.717) is 22.5 Å². The van der Waals surface area contributed by atoms with Crippen LogP contribution in [0.5, 0.6) is 5.75 Å². The van der Waals surface area contributed by atoms with Crippen LogP contribution >= 0.6 is 15.9 Å². The molecule has 106 valence electrons. The molecule has 2 rings (SSSR count). The lowest BCUT2D eigenvalue weighted by molar-refractivity contribution is 0.304. The lowest BCUT2D eigenvalue weighted by Crippen LogP contribution is -2.04. The van der Waals surface area contributed by atoms with Gasteiger partial charge in [0.15, 0.2) is 5.75 Å². The van der Waals surface area contributed by atoms with E-state index in [0.717, 1.165) is 5.56 Å². The highest BCUT2D eigenvalue weighted by Gasteiger charge is 2.11. The molecule has 2 aromatic rings. The van der Waals surface area contributed by atoms with Crippen LogP contribution in [0.2, 0.25) is 0 Å². The molecule has 0 saturated heterocycles. The summed E-state index contributed by atoms with van der Waals surface area (Å²) in [5.74, 6) is 0.0928. The summed E-state index contributed by atoms with van der Waals surface area (Å²) in [4.78, 5) is 0. The monoisotopic (exact) mass is 337 g/mol. The molecule has 0 unspecified atom stereocenters. The fourth-order valence-electron chi connectivity index (χ4n) is 2.31. The molecule has 0 aromatic heterocycles. The van der Waals surface area contributed by atoms with Gasteiger partial charge < -0.3 is 10.5 Å². The van der Waals surface area contributed by atoms with Gasteiger partial charge in [0, 0.05) is 6.07 Å². The predicted octanol–water partition coefficient (Wildman–Crippen LogP) is 4.67. The average Bonchev–Trinajstić information content (AvgIpc) is 2.30. The SMILES string of the molecule is Cc1cc(C)c(COc2c(N)cc(F)cc2Br)c(C)c1. The van der Waals surface area contributed by atoms with Crippen molar-refractivity contribution in [3.63, 3.8) is 0 Å². The molecule has 0 spiro atoms. The van der Waals surface area contributed by atoms with E-state index in [1.165, 1.54) is 28.8 Å². The van der Waals surface area contributed by atoms with Gasteiger partial charge in [0.25, 0.3) is 0 Å². The fourth-order valence-corrected chi connectivity index (χ4v) is 2.88. The van der Waals surface area contributed by atoms with Gasteiger partial charge in [0.1, 0.15) is 12.4 Å². The Bertz CT molecular complexity index is 551. The van der Waals surface area contributed by atoms with Crippen LogP contribution in [0.4, 0.5) is 10.1 Å². The first-order valence-corrected chi connectivity index (χ1v) is 7.12. The van der Waals surface area contributed by atoms with Crippen molar-refractivity contribution in [2.45, 2.75) is 27.4 Å². The van der Waals surface area contributed by atoms with Crippen LogP contribution in [0.3, 0.4) is 0 Å². The number of rotatable bonds is 3. The van der Waals surface area contributed by atoms with Crippen molar-refractivity contribution < 1.29 is 9.13 Å². The molecule has 2 nitrogen and oxygen atoms in total. The Morgan fingerprint density at radius 2 is 1.70 bits per heavy atom. The molecule has 0 aliphatic carbocycles. The maximum Gasteiger partial charge on any atom is 0.157 e. The zero-order valence-corrected chi connectivity index (χ0v) is 13.3. The zero-order chi connectivity index (χ0) is 14.9. The lowest BCUT2D eigenvalue weighted by atomic mass is 10.0. The molecule has 0 radical (unpaired) electrons. The van der Waals surface area contributed by atoms with Gasteiger partial charge in [0.2, 0.25) is 0 Å². The highest BCUT2D eigenvalue weighted by molar-refractivity contribution is 9.10. The maximum atomic E-state index is 13.2. The zero-order valence-electron chi connectivity index (χ0n) is 11.8. The first kappa shape index (κ1) is 14.9. The highest BCUT2D eigenvalue weighted by atomic mass is 79.9. The van der Waals surface area contributed by atoms with E-state index < -0.39 is 0 Å². The number of nitrogen functional groups attached to an aromatic ring is 1. The number of halogens is 2. The summed E-state index contributed by atoms with van der Waals surface area (Å²) in [6.45, 7) is 6.59. The Kier molecular flexibility index (Phi) is 4.33. The van der Waals surface area contributed by atoms with E-state index >= 15 is 0 Å². The van der Waals surface area contributed by atoms with Gasteiger partial charge in [-0.15, -0.1) is 0 Å². The first-order chi connectivity index (χ1) is 9.38. The van der Waals surface area contributed by atoms with E-state index in [-0.39, 0.29) is 5.82 Å². The summed E-state index contributed by atoms with van der Waals surface area (Å²) in [5.41, 5.74) is 10.8. The van der Waals surface area contributed by atoms with Gasteiger partial charge in [-0.25, -0.2) is 4.39 Å². The third-order valence-corrected chi connectivity index (χ3v) is 3.83. The van der Waals surface area contributed by atoms with Crippen molar-refractivity contribution in [1.29, 1.82) is 0 Å². The topological polar surface area (TPSA) is 35.2 Å². The summed E-state index contributed by atoms with van der Waals surface area (Å²) in [6.07, 6.45) is 0. The van der Waals surface area contributed by atoms with Gasteiger partial charge in [-0.05, 0) is 59.5 Å². The number of nitrogens with two attached hydrogens (primary N) is 1. The summed E-state index contributed by atoms with van der Waals surface area (Å²) in [5, 5.41) is 0. The molecule has 20 heavy (non-hydrogen) atoms. The number of hydrogen-bond donors (Lipinski definition) is 1. The van der Waals surface area contributed by atoms with E-state index in [1.807, 2.05) is 0 Å². The van der Waals surface area contributed by atoms with E-state index in [1.54, 1.807) is 0 Å². The second-order valence-electron chi connectivity index (χ2n) is 4.97. The predicted molar refractivity (Wildman–Crippen MR) is 83.5 cm³/mol. The Morgan fingerprint density at radius 3 is 2.25 bits per heavy atom. The van der Waals surface area contributed by atoms with Gasteiger partial charge in [-0.1, -0.05) is 17.7 Å². The Labute approximate surface area is 126 Å². The number of hydrogen-bond acceptors (Lipinski definition) is 2. The highest BCUT2D eigenvalue weighted by Crippen LogP contribution is 2.33. The van der Waals surface area contributed by atoms with Crippen LogP contribution in [-0.4, -0.2) is 0 Å². The number of anilines is 1. The molecular formula is C16H17BrFNO. The van der Waals surface area contributed by atoms with Crippen LogP contribution in [0, 0.1) is 26.6 Å². The van der Waals surface area contributed by atoms with Gasteiger partial charge in [-0.2, -0.15) is 0 Å². The molecule has 0 bridgehead atoms. The summed E-state index contributed by atoms with van der Waals surface area (Å²) < 4.78 is 19.5. The third kappa shape index (κ3) is 3.12. The van der Waals surface area contributed by atoms with E-state index in [2.05, 4.69) is 48.8 Å². The summed E-state index contributed by atoms with van der Waals surface area (Å²) in [6, 6.07) is 6.85. The maximum absolute atomic E-state index is 13.2. The standard InChI is InChI=1S/C16H17BrFNO/c1-9-4-10(2)13(11(3)5-9)8-20-16-14(17)6-12(18)7-15(16)19/h4-7H,8,19H2,1-3H3. The average molecular weight is 338 g/mol. The number of ether oxygens (including phenoxy) is 1. The molecule has 0 atom stereocenters. The Hall–Kier alpha value is -1.55. The van der Waals surface area contributed by atoms with E-state index in [9.17, 15) is 4.39 Å². The minimum Gasteiger partial charge on any atom is -0.486 e. The van der Waals surface area contributed by atoms with Crippen molar-refractivity contribution in [3.8, 4) is 5.75 Å². The van der Waals surface area contributed by atoms with Gasteiger partial charge in [0.05, 0.1) is 10.2 Å². The van der Waals surface area contributed by atoms with Crippen molar-refractivity contribution in [2.24, 2.45) is 0 Å². The molecule has 4 heteroatoms. The molecule has 0 aliphatic heterocycles. The number of benzene rings is 2. The number of aryl methyl sites for hydroxylation is 3. The summed E-state index contributed by atoms with van der Waals surface area (Å²) >= 11 is 3.28. The normalized spacial score (nSPS) is 10.7. The van der Waals surface area contributed by atoms with Crippen LogP contribution in [0.15, 0.2) is 28.7 Å². The molecular weight excluding hydrogens is 321 g/mol. The molecule has 2 N–H and O–H groups in total. The molecule has 2 aromatic carbocycles. The quantitative estimate of drug-likeness (QED) is 0.825. The van der Waals surface area contributed by atoms with Crippen molar-refractivity contribution in [1.82, 2.24) is 0 Å². The first-order valence-electron chi connectivity index (χ1n) is 6.32. The van der Waals surface area contributed by atoms with Gasteiger partial charge >= 0.3 is 0 Å². The van der Waals surface area contributed by atoms with E-state index in [4.69, 9.17) is 10.5 Å².